The molecule has 4 rings (SSSR count). The van der Waals surface area contributed by atoms with Crippen LogP contribution in [0.15, 0.2) is 59.6 Å². The first-order valence-corrected chi connectivity index (χ1v) is 11.1. The van der Waals surface area contributed by atoms with E-state index in [0.717, 1.165) is 29.9 Å². The highest BCUT2D eigenvalue weighted by Gasteiger charge is 2.30. The van der Waals surface area contributed by atoms with E-state index in [1.165, 1.54) is 23.3 Å². The van der Waals surface area contributed by atoms with Gasteiger partial charge in [-0.2, -0.15) is 18.2 Å². The Hall–Kier alpha value is -3.53. The molecule has 0 fully saturated rings. The van der Waals surface area contributed by atoms with E-state index in [4.69, 9.17) is 12.2 Å². The van der Waals surface area contributed by atoms with Gasteiger partial charge in [-0.25, -0.2) is 9.97 Å². The molecule has 2 heterocycles. The number of aliphatic imine (C=N–C) groups is 1. The summed E-state index contributed by atoms with van der Waals surface area (Å²) in [5.74, 6) is 0.858. The lowest BCUT2D eigenvalue weighted by Gasteiger charge is -2.31. The first-order valence-electron chi connectivity index (χ1n) is 10.7. The standard InChI is InChI=1S/C24H23F3N6S/c1-15-13-16(2)29-21(28-15)31-22(33-12-11-17-5-3-4-6-18(17)14-33)32-23(34)30-20-9-7-19(8-10-20)24(25,26)27/h3-10,13H,11-12,14H2,1-2H3,(H2,28,29,30,31,32,34). The lowest BCUT2D eigenvalue weighted by atomic mass is 10.0. The third-order valence-corrected chi connectivity index (χ3v) is 5.50. The number of alkyl halides is 3. The minimum atomic E-state index is -4.40. The zero-order chi connectivity index (χ0) is 24.3. The predicted octanol–water partition coefficient (Wildman–Crippen LogP) is 5.34. The van der Waals surface area contributed by atoms with E-state index < -0.39 is 11.7 Å². The van der Waals surface area contributed by atoms with Gasteiger partial charge in [0.15, 0.2) is 0 Å². The Morgan fingerprint density at radius 2 is 1.62 bits per heavy atom. The minimum absolute atomic E-state index is 0.102. The first kappa shape index (κ1) is 23.6. The summed E-state index contributed by atoms with van der Waals surface area (Å²) in [6, 6.07) is 14.7. The summed E-state index contributed by atoms with van der Waals surface area (Å²) in [6.07, 6.45) is -3.56. The van der Waals surface area contributed by atoms with Gasteiger partial charge in [0.05, 0.1) is 5.56 Å². The van der Waals surface area contributed by atoms with Crippen molar-refractivity contribution in [1.82, 2.24) is 14.9 Å². The maximum atomic E-state index is 12.8. The van der Waals surface area contributed by atoms with Crippen LogP contribution in [0.1, 0.15) is 28.1 Å². The molecule has 0 saturated heterocycles. The Kier molecular flexibility index (Phi) is 6.78. The van der Waals surface area contributed by atoms with Crippen LogP contribution in [0.25, 0.3) is 0 Å². The average Bonchev–Trinajstić information content (AvgIpc) is 2.77. The first-order chi connectivity index (χ1) is 16.2. The summed E-state index contributed by atoms with van der Waals surface area (Å²) < 4.78 is 38.5. The number of hydrogen-bond donors (Lipinski definition) is 2. The predicted molar refractivity (Wildman–Crippen MR) is 131 cm³/mol. The topological polar surface area (TPSA) is 65.4 Å². The number of thiocarbonyl (C=S) groups is 1. The second kappa shape index (κ2) is 9.76. The van der Waals surface area contributed by atoms with E-state index in [0.29, 0.717) is 30.7 Å². The molecule has 3 aromatic rings. The number of nitrogens with one attached hydrogen (secondary N) is 2. The largest absolute Gasteiger partial charge is 0.416 e. The summed E-state index contributed by atoms with van der Waals surface area (Å²) in [5.41, 5.74) is 3.77. The fourth-order valence-corrected chi connectivity index (χ4v) is 3.93. The van der Waals surface area contributed by atoms with Gasteiger partial charge < -0.3 is 10.2 Å². The molecule has 1 aliphatic rings. The second-order valence-electron chi connectivity index (χ2n) is 7.98. The monoisotopic (exact) mass is 484 g/mol. The number of nitrogens with zero attached hydrogens (tertiary/aromatic N) is 4. The van der Waals surface area contributed by atoms with Crippen LogP contribution in [-0.4, -0.2) is 32.5 Å². The Morgan fingerprint density at radius 1 is 0.971 bits per heavy atom. The average molecular weight is 485 g/mol. The molecule has 34 heavy (non-hydrogen) atoms. The van der Waals surface area contributed by atoms with Crippen molar-refractivity contribution in [2.75, 3.05) is 17.2 Å². The number of aryl methyl sites for hydroxylation is 2. The van der Waals surface area contributed by atoms with E-state index in [9.17, 15) is 13.2 Å². The fraction of sp³-hybridized carbons (Fsp3) is 0.250. The molecule has 2 aromatic carbocycles. The van der Waals surface area contributed by atoms with Crippen molar-refractivity contribution >= 4 is 34.9 Å². The molecule has 6 nitrogen and oxygen atoms in total. The summed E-state index contributed by atoms with van der Waals surface area (Å²) in [6.45, 7) is 5.08. The highest BCUT2D eigenvalue weighted by atomic mass is 32.1. The molecular formula is C24H23F3N6S. The van der Waals surface area contributed by atoms with Gasteiger partial charge in [0.25, 0.3) is 0 Å². The third-order valence-electron chi connectivity index (χ3n) is 5.31. The molecule has 2 N–H and O–H groups in total. The summed E-state index contributed by atoms with van der Waals surface area (Å²) in [4.78, 5) is 15.5. The van der Waals surface area contributed by atoms with Crippen LogP contribution < -0.4 is 10.6 Å². The molecule has 0 atom stereocenters. The van der Waals surface area contributed by atoms with Gasteiger partial charge >= 0.3 is 6.18 Å². The van der Waals surface area contributed by atoms with Gasteiger partial charge in [0, 0.05) is 30.2 Å². The van der Waals surface area contributed by atoms with Gasteiger partial charge in [0.2, 0.25) is 17.0 Å². The molecule has 10 heteroatoms. The van der Waals surface area contributed by atoms with Gasteiger partial charge in [-0.1, -0.05) is 24.3 Å². The maximum Gasteiger partial charge on any atom is 0.416 e. The van der Waals surface area contributed by atoms with Gasteiger partial charge in [-0.3, -0.25) is 5.32 Å². The van der Waals surface area contributed by atoms with Gasteiger partial charge in [0.1, 0.15) is 0 Å². The van der Waals surface area contributed by atoms with Crippen molar-refractivity contribution in [3.8, 4) is 0 Å². The van der Waals surface area contributed by atoms with Crippen LogP contribution in [-0.2, 0) is 19.1 Å². The lowest BCUT2D eigenvalue weighted by molar-refractivity contribution is -0.137. The maximum absolute atomic E-state index is 12.8. The molecule has 0 spiro atoms. The number of fused-ring (bicyclic) bond motifs is 1. The number of hydrogen-bond acceptors (Lipinski definition) is 3. The van der Waals surface area contributed by atoms with Crippen LogP contribution >= 0.6 is 12.2 Å². The highest BCUT2D eigenvalue weighted by Crippen LogP contribution is 2.29. The summed E-state index contributed by atoms with van der Waals surface area (Å²) >= 11 is 5.41. The molecule has 1 aliphatic heterocycles. The molecule has 0 amide bonds. The van der Waals surface area contributed by atoms with Crippen molar-refractivity contribution in [2.24, 2.45) is 4.99 Å². The van der Waals surface area contributed by atoms with Crippen LogP contribution in [0.4, 0.5) is 24.8 Å². The molecule has 0 saturated carbocycles. The second-order valence-corrected chi connectivity index (χ2v) is 8.37. The number of anilines is 2. The van der Waals surface area contributed by atoms with Crippen molar-refractivity contribution in [1.29, 1.82) is 0 Å². The van der Waals surface area contributed by atoms with E-state index in [1.807, 2.05) is 36.9 Å². The zero-order valence-corrected chi connectivity index (χ0v) is 19.5. The molecule has 1 aromatic heterocycles. The van der Waals surface area contributed by atoms with E-state index in [2.05, 4.69) is 37.7 Å². The zero-order valence-electron chi connectivity index (χ0n) is 18.6. The smallest absolute Gasteiger partial charge is 0.338 e. The van der Waals surface area contributed by atoms with E-state index in [-0.39, 0.29) is 5.11 Å². The highest BCUT2D eigenvalue weighted by molar-refractivity contribution is 7.80. The summed E-state index contributed by atoms with van der Waals surface area (Å²) in [7, 11) is 0. The van der Waals surface area contributed by atoms with Crippen LogP contribution in [0.5, 0.6) is 0 Å². The van der Waals surface area contributed by atoms with Crippen molar-refractivity contribution in [2.45, 2.75) is 33.0 Å². The molecule has 0 bridgehead atoms. The Balaban J connectivity index is 1.58. The number of halogens is 3. The lowest BCUT2D eigenvalue weighted by Crippen LogP contribution is -2.41. The molecule has 176 valence electrons. The molecular weight excluding hydrogens is 461 g/mol. The third kappa shape index (κ3) is 5.88. The van der Waals surface area contributed by atoms with Crippen LogP contribution in [0.3, 0.4) is 0 Å². The quantitative estimate of drug-likeness (QED) is 0.291. The number of aromatic nitrogens is 2. The van der Waals surface area contributed by atoms with E-state index in [1.54, 1.807) is 0 Å². The molecule has 0 aliphatic carbocycles. The minimum Gasteiger partial charge on any atom is -0.338 e. The SMILES string of the molecule is Cc1cc(C)nc(N/C(=N/C(=S)Nc2ccc(C(F)(F)F)cc2)N2CCc3ccccc3C2)n1. The fourth-order valence-electron chi connectivity index (χ4n) is 3.73. The van der Waals surface area contributed by atoms with E-state index >= 15 is 0 Å². The molecule has 0 radical (unpaired) electrons. The van der Waals surface area contributed by atoms with Crippen molar-refractivity contribution in [3.05, 3.63) is 82.7 Å². The van der Waals surface area contributed by atoms with Crippen LogP contribution in [0.2, 0.25) is 0 Å². The number of benzene rings is 2. The molecule has 0 unspecified atom stereocenters. The number of rotatable bonds is 2. The van der Waals surface area contributed by atoms with Crippen LogP contribution in [0, 0.1) is 13.8 Å². The number of guanidine groups is 1. The summed E-state index contributed by atoms with van der Waals surface area (Å²) in [5, 5.41) is 6.17. The normalized spacial score (nSPS) is 13.9. The van der Waals surface area contributed by atoms with Crippen molar-refractivity contribution < 1.29 is 13.2 Å². The Morgan fingerprint density at radius 3 is 2.26 bits per heavy atom. The van der Waals surface area contributed by atoms with Gasteiger partial charge in [-0.05, 0) is 73.9 Å². The van der Waals surface area contributed by atoms with Gasteiger partial charge in [-0.15, -0.1) is 0 Å². The van der Waals surface area contributed by atoms with Crippen molar-refractivity contribution in [3.63, 3.8) is 0 Å². The Bertz CT molecular complexity index is 1200. The Labute approximate surface area is 201 Å².